The number of pyridine rings is 1. The number of nitrogens with zero attached hydrogens (tertiary/aromatic N) is 2. The quantitative estimate of drug-likeness (QED) is 0.674. The van der Waals surface area contributed by atoms with Crippen molar-refractivity contribution in [3.8, 4) is 34.1 Å². The molecule has 0 saturated heterocycles. The lowest BCUT2D eigenvalue weighted by atomic mass is 9.89. The molecule has 0 aliphatic rings. The van der Waals surface area contributed by atoms with Gasteiger partial charge >= 0.3 is 6.18 Å². The molecule has 7 heteroatoms. The van der Waals surface area contributed by atoms with Crippen LogP contribution in [0.15, 0.2) is 48.5 Å². The number of aromatic nitrogens is 1. The number of alkyl halides is 3. The molecule has 0 aliphatic heterocycles. The van der Waals surface area contributed by atoms with Crippen LogP contribution < -0.4 is 10.5 Å². The van der Waals surface area contributed by atoms with E-state index in [0.29, 0.717) is 28.1 Å². The van der Waals surface area contributed by atoms with Crippen LogP contribution in [0.3, 0.4) is 0 Å². The van der Waals surface area contributed by atoms with Crippen LogP contribution in [0.1, 0.15) is 16.8 Å². The van der Waals surface area contributed by atoms with Gasteiger partial charge in [-0.2, -0.15) is 18.4 Å². The number of benzene rings is 2. The van der Waals surface area contributed by atoms with Gasteiger partial charge in [-0.25, -0.2) is 4.98 Å². The molecule has 0 unspecified atom stereocenters. The predicted molar refractivity (Wildman–Crippen MR) is 101 cm³/mol. The highest BCUT2D eigenvalue weighted by molar-refractivity contribution is 5.91. The van der Waals surface area contributed by atoms with Gasteiger partial charge in [0.05, 0.1) is 12.7 Å². The fourth-order valence-corrected chi connectivity index (χ4v) is 3.07. The number of nitrogens with two attached hydrogens (primary N) is 1. The summed E-state index contributed by atoms with van der Waals surface area (Å²) in [7, 11) is 1.55. The number of hydrogen-bond donors (Lipinski definition) is 1. The van der Waals surface area contributed by atoms with Gasteiger partial charge in [0, 0.05) is 16.8 Å². The molecule has 0 bridgehead atoms. The molecule has 0 radical (unpaired) electrons. The second-order valence-electron chi connectivity index (χ2n) is 6.12. The smallest absolute Gasteiger partial charge is 0.416 e. The first kappa shape index (κ1) is 19.2. The summed E-state index contributed by atoms with van der Waals surface area (Å²) >= 11 is 0. The average molecular weight is 383 g/mol. The third-order valence-electron chi connectivity index (χ3n) is 4.40. The van der Waals surface area contributed by atoms with E-state index in [2.05, 4.69) is 4.98 Å². The Bertz CT molecular complexity index is 1050. The number of nitriles is 1. The summed E-state index contributed by atoms with van der Waals surface area (Å²) in [6, 6.07) is 13.8. The highest BCUT2D eigenvalue weighted by atomic mass is 19.4. The van der Waals surface area contributed by atoms with Gasteiger partial charge < -0.3 is 10.5 Å². The molecule has 4 nitrogen and oxygen atoms in total. The van der Waals surface area contributed by atoms with Gasteiger partial charge in [-0.05, 0) is 42.3 Å². The number of nitrogen functional groups attached to an aromatic ring is 1. The Morgan fingerprint density at radius 1 is 0.964 bits per heavy atom. The lowest BCUT2D eigenvalue weighted by Crippen LogP contribution is -2.05. The third kappa shape index (κ3) is 3.49. The molecule has 2 aromatic carbocycles. The first-order chi connectivity index (χ1) is 13.3. The molecular formula is C21H16F3N3O. The fourth-order valence-electron chi connectivity index (χ4n) is 3.07. The Labute approximate surface area is 160 Å². The SMILES string of the molecule is COc1ccc(-c2c(C)nc(N)c(C#N)c2-c2ccc(C(F)(F)F)cc2)cc1. The Hall–Kier alpha value is -3.53. The molecule has 1 heterocycles. The fraction of sp³-hybridized carbons (Fsp3) is 0.143. The van der Waals surface area contributed by atoms with Gasteiger partial charge in [-0.15, -0.1) is 0 Å². The molecule has 0 spiro atoms. The van der Waals surface area contributed by atoms with Crippen LogP contribution in [0.5, 0.6) is 5.75 Å². The van der Waals surface area contributed by atoms with Crippen LogP contribution in [-0.4, -0.2) is 12.1 Å². The van der Waals surface area contributed by atoms with Crippen molar-refractivity contribution in [2.45, 2.75) is 13.1 Å². The van der Waals surface area contributed by atoms with E-state index in [0.717, 1.165) is 17.7 Å². The van der Waals surface area contributed by atoms with Crippen molar-refractivity contribution in [3.63, 3.8) is 0 Å². The summed E-state index contributed by atoms with van der Waals surface area (Å²) in [5.74, 6) is 0.688. The monoisotopic (exact) mass is 383 g/mol. The van der Waals surface area contributed by atoms with Crippen molar-refractivity contribution in [3.05, 3.63) is 65.4 Å². The topological polar surface area (TPSA) is 71.9 Å². The van der Waals surface area contributed by atoms with Gasteiger partial charge in [0.1, 0.15) is 23.2 Å². The Morgan fingerprint density at radius 2 is 1.50 bits per heavy atom. The summed E-state index contributed by atoms with van der Waals surface area (Å²) in [6.07, 6.45) is -4.44. The maximum atomic E-state index is 12.9. The first-order valence-electron chi connectivity index (χ1n) is 8.28. The maximum Gasteiger partial charge on any atom is 0.416 e. The summed E-state index contributed by atoms with van der Waals surface area (Å²) in [5.41, 5.74) is 8.13. The zero-order valence-electron chi connectivity index (χ0n) is 15.1. The molecule has 142 valence electrons. The normalized spacial score (nSPS) is 11.1. The van der Waals surface area contributed by atoms with Gasteiger partial charge in [0.15, 0.2) is 0 Å². The predicted octanol–water partition coefficient (Wildman–Crippen LogP) is 5.21. The lowest BCUT2D eigenvalue weighted by Gasteiger charge is -2.17. The minimum atomic E-state index is -4.44. The van der Waals surface area contributed by atoms with E-state index >= 15 is 0 Å². The Kier molecular flexibility index (Phi) is 4.97. The second kappa shape index (κ2) is 7.24. The molecule has 0 atom stereocenters. The van der Waals surface area contributed by atoms with Crippen LogP contribution in [0.2, 0.25) is 0 Å². The third-order valence-corrected chi connectivity index (χ3v) is 4.40. The summed E-state index contributed by atoms with van der Waals surface area (Å²) in [6.45, 7) is 1.74. The van der Waals surface area contributed by atoms with E-state index in [4.69, 9.17) is 10.5 Å². The lowest BCUT2D eigenvalue weighted by molar-refractivity contribution is -0.137. The van der Waals surface area contributed by atoms with Crippen LogP contribution in [0.4, 0.5) is 19.0 Å². The standard InChI is InChI=1S/C21H16F3N3O/c1-12-18(13-5-9-16(28-2)10-6-13)19(17(11-25)20(26)27-12)14-3-7-15(8-4-14)21(22,23)24/h3-10H,1-2H3,(H2,26,27). The number of aryl methyl sites for hydroxylation is 1. The van der Waals surface area contributed by atoms with E-state index in [1.54, 1.807) is 38.3 Å². The minimum absolute atomic E-state index is 0.0344. The van der Waals surface area contributed by atoms with E-state index in [9.17, 15) is 18.4 Å². The molecule has 0 amide bonds. The number of rotatable bonds is 3. The van der Waals surface area contributed by atoms with Crippen molar-refractivity contribution in [1.82, 2.24) is 4.98 Å². The average Bonchev–Trinajstić information content (AvgIpc) is 2.67. The first-order valence-corrected chi connectivity index (χ1v) is 8.28. The zero-order chi connectivity index (χ0) is 20.5. The summed E-state index contributed by atoms with van der Waals surface area (Å²) in [5, 5.41) is 9.62. The van der Waals surface area contributed by atoms with E-state index in [1.807, 2.05) is 6.07 Å². The van der Waals surface area contributed by atoms with E-state index in [1.165, 1.54) is 12.1 Å². The zero-order valence-corrected chi connectivity index (χ0v) is 15.1. The van der Waals surface area contributed by atoms with Crippen molar-refractivity contribution >= 4 is 5.82 Å². The molecule has 0 aliphatic carbocycles. The van der Waals surface area contributed by atoms with Gasteiger partial charge in [0.25, 0.3) is 0 Å². The van der Waals surface area contributed by atoms with Crippen molar-refractivity contribution in [2.24, 2.45) is 0 Å². The largest absolute Gasteiger partial charge is 0.497 e. The highest BCUT2D eigenvalue weighted by Gasteiger charge is 2.30. The highest BCUT2D eigenvalue weighted by Crippen LogP contribution is 2.40. The van der Waals surface area contributed by atoms with Gasteiger partial charge in [-0.1, -0.05) is 24.3 Å². The molecule has 0 fully saturated rings. The minimum Gasteiger partial charge on any atom is -0.497 e. The molecule has 3 rings (SSSR count). The Balaban J connectivity index is 2.27. The van der Waals surface area contributed by atoms with Crippen LogP contribution >= 0.6 is 0 Å². The van der Waals surface area contributed by atoms with Crippen LogP contribution in [-0.2, 0) is 6.18 Å². The molecule has 0 saturated carbocycles. The van der Waals surface area contributed by atoms with Crippen molar-refractivity contribution < 1.29 is 17.9 Å². The number of anilines is 1. The van der Waals surface area contributed by atoms with Crippen LogP contribution in [0.25, 0.3) is 22.3 Å². The number of hydrogen-bond acceptors (Lipinski definition) is 4. The van der Waals surface area contributed by atoms with Crippen molar-refractivity contribution in [2.75, 3.05) is 12.8 Å². The Morgan fingerprint density at radius 3 is 2.00 bits per heavy atom. The molecule has 2 N–H and O–H groups in total. The van der Waals surface area contributed by atoms with Gasteiger partial charge in [-0.3, -0.25) is 0 Å². The second-order valence-corrected chi connectivity index (χ2v) is 6.12. The number of ether oxygens (including phenoxy) is 1. The van der Waals surface area contributed by atoms with E-state index in [-0.39, 0.29) is 11.4 Å². The molecule has 1 aromatic heterocycles. The number of halogens is 3. The summed E-state index contributed by atoms with van der Waals surface area (Å²) in [4.78, 5) is 4.25. The molecular weight excluding hydrogens is 367 g/mol. The van der Waals surface area contributed by atoms with Gasteiger partial charge in [0.2, 0.25) is 0 Å². The van der Waals surface area contributed by atoms with Crippen LogP contribution in [0, 0.1) is 18.3 Å². The maximum absolute atomic E-state index is 12.9. The molecule has 28 heavy (non-hydrogen) atoms. The summed E-state index contributed by atoms with van der Waals surface area (Å²) < 4.78 is 43.9. The van der Waals surface area contributed by atoms with Crippen molar-refractivity contribution in [1.29, 1.82) is 5.26 Å². The molecule has 3 aromatic rings. The van der Waals surface area contributed by atoms with E-state index < -0.39 is 11.7 Å². The number of methoxy groups -OCH3 is 1.